The van der Waals surface area contributed by atoms with E-state index in [1.54, 1.807) is 12.1 Å². The van der Waals surface area contributed by atoms with Crippen LogP contribution in [0.2, 0.25) is 0 Å². The van der Waals surface area contributed by atoms with Crippen molar-refractivity contribution in [1.82, 2.24) is 0 Å². The van der Waals surface area contributed by atoms with Gasteiger partial charge in [-0.05, 0) is 42.5 Å². The molecular weight excluding hydrogens is 264 g/mol. The van der Waals surface area contributed by atoms with Crippen LogP contribution < -0.4 is 0 Å². The Labute approximate surface area is 122 Å². The molecule has 2 unspecified atom stereocenters. The first-order valence-corrected chi connectivity index (χ1v) is 8.04. The van der Waals surface area contributed by atoms with Crippen LogP contribution in [-0.4, -0.2) is 10.4 Å². The molecule has 2 aromatic rings. The van der Waals surface area contributed by atoms with Crippen molar-refractivity contribution in [3.63, 3.8) is 0 Å². The predicted molar refractivity (Wildman–Crippen MR) is 85.1 cm³/mol. The molecule has 0 aliphatic heterocycles. The second kappa shape index (κ2) is 6.02. The van der Waals surface area contributed by atoms with Gasteiger partial charge >= 0.3 is 0 Å². The smallest absolute Gasteiger partial charge is 0.161 e. The summed E-state index contributed by atoms with van der Waals surface area (Å²) >= 11 is 0. The van der Waals surface area contributed by atoms with Gasteiger partial charge in [-0.2, -0.15) is 0 Å². The maximum Gasteiger partial charge on any atom is 0.161 e. The van der Waals surface area contributed by atoms with Gasteiger partial charge in [0.1, 0.15) is 5.75 Å². The van der Waals surface area contributed by atoms with E-state index in [0.717, 1.165) is 6.42 Å². The zero-order valence-electron chi connectivity index (χ0n) is 11.1. The Morgan fingerprint density at radius 1 is 0.850 bits per heavy atom. The fraction of sp³-hybridized carbons (Fsp3) is 0.111. The molecule has 0 radical (unpaired) electrons. The van der Waals surface area contributed by atoms with E-state index >= 15 is 0 Å². The third-order valence-corrected chi connectivity index (χ3v) is 5.85. The van der Waals surface area contributed by atoms with Crippen molar-refractivity contribution < 1.29 is 5.11 Å². The van der Waals surface area contributed by atoms with E-state index in [-0.39, 0.29) is 10.9 Å². The molecule has 1 N–H and O–H groups in total. The first-order chi connectivity index (χ1) is 9.84. The molecule has 0 saturated heterocycles. The lowest BCUT2D eigenvalue weighted by Crippen LogP contribution is -2.20. The molecule has 2 aromatic carbocycles. The number of phenolic OH excluding ortho intramolecular Hbond substituents is 1. The Morgan fingerprint density at radius 3 is 2.20 bits per heavy atom. The number of phenols is 1. The van der Waals surface area contributed by atoms with Crippen LogP contribution in [0.3, 0.4) is 0 Å². The predicted octanol–water partition coefficient (Wildman–Crippen LogP) is 4.31. The van der Waals surface area contributed by atoms with Gasteiger partial charge in [0.05, 0.1) is 10.9 Å². The fourth-order valence-corrected chi connectivity index (χ4v) is 4.78. The number of hydrogen-bond donors (Lipinski definition) is 1. The highest BCUT2D eigenvalue weighted by Crippen LogP contribution is 2.32. The minimum absolute atomic E-state index is 0.00488. The third kappa shape index (κ3) is 2.81. The summed E-state index contributed by atoms with van der Waals surface area (Å²) in [4.78, 5) is 2.63. The summed E-state index contributed by atoms with van der Waals surface area (Å²) in [6.07, 6.45) is 9.84. The van der Waals surface area contributed by atoms with Crippen LogP contribution in [0.5, 0.6) is 5.75 Å². The molecule has 0 saturated carbocycles. The molecule has 0 spiro atoms. The summed E-state index contributed by atoms with van der Waals surface area (Å²) < 4.78 is 0. The van der Waals surface area contributed by atoms with Crippen LogP contribution in [0.4, 0.5) is 0 Å². The van der Waals surface area contributed by atoms with E-state index < -0.39 is 0 Å². The van der Waals surface area contributed by atoms with E-state index in [4.69, 9.17) is 0 Å². The second-order valence-electron chi connectivity index (χ2n) is 4.73. The van der Waals surface area contributed by atoms with Gasteiger partial charge in [-0.25, -0.2) is 0 Å². The topological polar surface area (TPSA) is 20.2 Å². The third-order valence-electron chi connectivity index (χ3n) is 3.33. The largest absolute Gasteiger partial charge is 0.508 e. The van der Waals surface area contributed by atoms with Crippen LogP contribution in [0, 0.1) is 0 Å². The van der Waals surface area contributed by atoms with Crippen LogP contribution in [0.15, 0.2) is 88.7 Å². The van der Waals surface area contributed by atoms with Crippen LogP contribution in [0.25, 0.3) is 0 Å². The molecule has 0 amide bonds. The summed E-state index contributed by atoms with van der Waals surface area (Å²) in [7, 11) is 0.00488. The summed E-state index contributed by atoms with van der Waals surface area (Å²) in [5, 5.41) is 9.99. The minimum atomic E-state index is 0.00488. The molecule has 1 aliphatic carbocycles. The molecule has 1 nitrogen and oxygen atoms in total. The van der Waals surface area contributed by atoms with E-state index in [1.165, 1.54) is 9.79 Å². The minimum Gasteiger partial charge on any atom is -0.508 e. The van der Waals surface area contributed by atoms with Gasteiger partial charge in [0.15, 0.2) is 15.0 Å². The SMILES string of the molecule is Oc1ccc([S+](c2ccccc2)C2C=CC=CC2)cc1. The average molecular weight is 281 g/mol. The van der Waals surface area contributed by atoms with Crippen molar-refractivity contribution in [2.24, 2.45) is 0 Å². The van der Waals surface area contributed by atoms with Crippen LogP contribution in [-0.2, 0) is 10.9 Å². The van der Waals surface area contributed by atoms with Gasteiger partial charge in [0.25, 0.3) is 0 Å². The van der Waals surface area contributed by atoms with Crippen molar-refractivity contribution in [2.75, 3.05) is 0 Å². The van der Waals surface area contributed by atoms with Crippen molar-refractivity contribution >= 4 is 10.9 Å². The van der Waals surface area contributed by atoms with Gasteiger partial charge < -0.3 is 5.11 Å². The summed E-state index contributed by atoms with van der Waals surface area (Å²) in [6, 6.07) is 18.3. The molecule has 0 bridgehead atoms. The van der Waals surface area contributed by atoms with Crippen LogP contribution in [0.1, 0.15) is 6.42 Å². The Hall–Kier alpha value is -1.93. The lowest BCUT2D eigenvalue weighted by Gasteiger charge is -2.16. The summed E-state index contributed by atoms with van der Waals surface area (Å²) in [5.41, 5.74) is 0. The second-order valence-corrected chi connectivity index (χ2v) is 6.96. The first kappa shape index (κ1) is 13.1. The van der Waals surface area contributed by atoms with Crippen LogP contribution >= 0.6 is 0 Å². The fourth-order valence-electron chi connectivity index (χ4n) is 2.38. The normalized spacial score (nSPS) is 18.9. The molecular formula is C18H17OS+. The monoisotopic (exact) mass is 281 g/mol. The lowest BCUT2D eigenvalue weighted by molar-refractivity contribution is 0.475. The molecule has 0 heterocycles. The molecule has 100 valence electrons. The maximum absolute atomic E-state index is 9.50. The van der Waals surface area contributed by atoms with E-state index in [2.05, 4.69) is 54.6 Å². The first-order valence-electron chi connectivity index (χ1n) is 6.75. The van der Waals surface area contributed by atoms with Crippen molar-refractivity contribution in [3.8, 4) is 5.75 Å². The Balaban J connectivity index is 2.01. The molecule has 20 heavy (non-hydrogen) atoms. The number of benzene rings is 2. The van der Waals surface area contributed by atoms with Gasteiger partial charge in [-0.1, -0.05) is 36.4 Å². The molecule has 0 aromatic heterocycles. The maximum atomic E-state index is 9.50. The van der Waals surface area contributed by atoms with Crippen molar-refractivity contribution in [1.29, 1.82) is 0 Å². The molecule has 1 aliphatic rings. The lowest BCUT2D eigenvalue weighted by atomic mass is 10.2. The average Bonchev–Trinajstić information content (AvgIpc) is 2.52. The Kier molecular flexibility index (Phi) is 3.93. The van der Waals surface area contributed by atoms with Gasteiger partial charge in [-0.3, -0.25) is 0 Å². The number of hydrogen-bond acceptors (Lipinski definition) is 1. The quantitative estimate of drug-likeness (QED) is 0.831. The highest BCUT2D eigenvalue weighted by Gasteiger charge is 2.33. The molecule has 2 atom stereocenters. The summed E-state index contributed by atoms with van der Waals surface area (Å²) in [6.45, 7) is 0. The molecule has 2 heteroatoms. The van der Waals surface area contributed by atoms with Gasteiger partial charge in [0.2, 0.25) is 0 Å². The zero-order chi connectivity index (χ0) is 13.8. The van der Waals surface area contributed by atoms with Gasteiger partial charge in [-0.15, -0.1) is 0 Å². The van der Waals surface area contributed by atoms with E-state index in [9.17, 15) is 5.11 Å². The Morgan fingerprint density at radius 2 is 1.55 bits per heavy atom. The molecule has 3 rings (SSSR count). The van der Waals surface area contributed by atoms with E-state index in [1.807, 2.05) is 12.1 Å². The molecule has 0 fully saturated rings. The van der Waals surface area contributed by atoms with Gasteiger partial charge in [0, 0.05) is 6.42 Å². The van der Waals surface area contributed by atoms with E-state index in [0.29, 0.717) is 11.0 Å². The number of aromatic hydroxyl groups is 1. The summed E-state index contributed by atoms with van der Waals surface area (Å²) in [5.74, 6) is 0.324. The van der Waals surface area contributed by atoms with Crippen molar-refractivity contribution in [3.05, 3.63) is 78.9 Å². The van der Waals surface area contributed by atoms with Crippen molar-refractivity contribution in [2.45, 2.75) is 21.5 Å². The number of allylic oxidation sites excluding steroid dienone is 3. The number of rotatable bonds is 3. The highest BCUT2D eigenvalue weighted by molar-refractivity contribution is 7.97. The zero-order valence-corrected chi connectivity index (χ0v) is 12.0. The highest BCUT2D eigenvalue weighted by atomic mass is 32.2. The standard InChI is InChI=1S/C18H16OS/c19-15-11-13-18(14-12-15)20(16-7-3-1-4-8-16)17-9-5-2-6-10-17/h1-9,11-14,17H,10H2/p+1. The Bertz CT molecular complexity index is 614.